The molecule has 2 amide bonds. The molecule has 21 heavy (non-hydrogen) atoms. The van der Waals surface area contributed by atoms with Crippen LogP contribution in [0.4, 0.5) is 4.79 Å². The first kappa shape index (κ1) is 17.0. The van der Waals surface area contributed by atoms with Crippen molar-refractivity contribution in [3.05, 3.63) is 17.8 Å². The quantitative estimate of drug-likeness (QED) is 0.765. The SMILES string of the molecule is CCc1cnc(CNC(=O)N(CCCC(=O)O)C(C)C)o1. The van der Waals surface area contributed by atoms with Crippen LogP contribution in [0, 0.1) is 0 Å². The summed E-state index contributed by atoms with van der Waals surface area (Å²) in [5, 5.41) is 11.4. The molecule has 0 aromatic carbocycles. The van der Waals surface area contributed by atoms with Crippen LogP contribution in [0.1, 0.15) is 45.3 Å². The van der Waals surface area contributed by atoms with Gasteiger partial charge in [0, 0.05) is 25.4 Å². The molecule has 0 saturated heterocycles. The molecule has 0 fully saturated rings. The van der Waals surface area contributed by atoms with Crippen LogP contribution in [0.15, 0.2) is 10.6 Å². The van der Waals surface area contributed by atoms with Crippen molar-refractivity contribution in [3.63, 3.8) is 0 Å². The Morgan fingerprint density at radius 3 is 2.71 bits per heavy atom. The van der Waals surface area contributed by atoms with Gasteiger partial charge in [-0.1, -0.05) is 6.92 Å². The van der Waals surface area contributed by atoms with Gasteiger partial charge in [0.1, 0.15) is 5.76 Å². The molecule has 7 nitrogen and oxygen atoms in total. The maximum Gasteiger partial charge on any atom is 0.318 e. The fourth-order valence-electron chi connectivity index (χ4n) is 1.84. The van der Waals surface area contributed by atoms with Crippen molar-refractivity contribution in [3.8, 4) is 0 Å². The van der Waals surface area contributed by atoms with Crippen LogP contribution >= 0.6 is 0 Å². The third kappa shape index (κ3) is 5.85. The van der Waals surface area contributed by atoms with Gasteiger partial charge in [-0.05, 0) is 20.3 Å². The molecule has 2 N–H and O–H groups in total. The number of amides is 2. The molecule has 1 aromatic heterocycles. The number of carbonyl (C=O) groups excluding carboxylic acids is 1. The normalized spacial score (nSPS) is 10.7. The number of nitrogens with one attached hydrogen (secondary N) is 1. The second-order valence-electron chi connectivity index (χ2n) is 5.02. The van der Waals surface area contributed by atoms with Gasteiger partial charge in [0.05, 0.1) is 12.7 Å². The molecule has 0 radical (unpaired) electrons. The van der Waals surface area contributed by atoms with Gasteiger partial charge in [0.15, 0.2) is 0 Å². The van der Waals surface area contributed by atoms with E-state index >= 15 is 0 Å². The van der Waals surface area contributed by atoms with E-state index in [2.05, 4.69) is 10.3 Å². The smallest absolute Gasteiger partial charge is 0.318 e. The first-order chi connectivity index (χ1) is 9.93. The minimum Gasteiger partial charge on any atom is -0.481 e. The Kier molecular flexibility index (Phi) is 6.71. The molecule has 0 aliphatic rings. The van der Waals surface area contributed by atoms with Gasteiger partial charge in [-0.25, -0.2) is 9.78 Å². The van der Waals surface area contributed by atoms with E-state index in [-0.39, 0.29) is 25.0 Å². The zero-order chi connectivity index (χ0) is 15.8. The van der Waals surface area contributed by atoms with Crippen molar-refractivity contribution in [2.45, 2.75) is 52.6 Å². The molecule has 118 valence electrons. The number of rotatable bonds is 8. The Balaban J connectivity index is 2.46. The highest BCUT2D eigenvalue weighted by atomic mass is 16.4. The third-order valence-electron chi connectivity index (χ3n) is 3.01. The van der Waals surface area contributed by atoms with E-state index in [1.807, 2.05) is 20.8 Å². The summed E-state index contributed by atoms with van der Waals surface area (Å²) in [6.07, 6.45) is 2.89. The molecule has 0 saturated carbocycles. The van der Waals surface area contributed by atoms with Gasteiger partial charge in [-0.2, -0.15) is 0 Å². The van der Waals surface area contributed by atoms with E-state index < -0.39 is 5.97 Å². The highest BCUT2D eigenvalue weighted by molar-refractivity contribution is 5.74. The lowest BCUT2D eigenvalue weighted by atomic mass is 10.2. The monoisotopic (exact) mass is 297 g/mol. The number of carbonyl (C=O) groups is 2. The highest BCUT2D eigenvalue weighted by Crippen LogP contribution is 2.06. The number of hydrogen-bond acceptors (Lipinski definition) is 4. The summed E-state index contributed by atoms with van der Waals surface area (Å²) < 4.78 is 5.41. The van der Waals surface area contributed by atoms with Crippen molar-refractivity contribution in [1.82, 2.24) is 15.2 Å². The number of aryl methyl sites for hydroxylation is 1. The Morgan fingerprint density at radius 1 is 1.48 bits per heavy atom. The van der Waals surface area contributed by atoms with Crippen molar-refractivity contribution in [1.29, 1.82) is 0 Å². The maximum absolute atomic E-state index is 12.1. The molecule has 0 unspecified atom stereocenters. The average molecular weight is 297 g/mol. The molecule has 7 heteroatoms. The molecule has 1 heterocycles. The zero-order valence-corrected chi connectivity index (χ0v) is 12.8. The summed E-state index contributed by atoms with van der Waals surface area (Å²) >= 11 is 0. The Morgan fingerprint density at radius 2 is 2.19 bits per heavy atom. The molecule has 1 aromatic rings. The number of aliphatic carboxylic acids is 1. The summed E-state index contributed by atoms with van der Waals surface area (Å²) in [6.45, 7) is 6.37. The van der Waals surface area contributed by atoms with Crippen LogP contribution in [0.25, 0.3) is 0 Å². The van der Waals surface area contributed by atoms with E-state index in [9.17, 15) is 9.59 Å². The lowest BCUT2D eigenvalue weighted by Gasteiger charge is -2.26. The van der Waals surface area contributed by atoms with Crippen molar-refractivity contribution >= 4 is 12.0 Å². The average Bonchev–Trinajstić information content (AvgIpc) is 2.88. The van der Waals surface area contributed by atoms with Gasteiger partial charge >= 0.3 is 12.0 Å². The molecule has 0 spiro atoms. The number of urea groups is 1. The Bertz CT molecular complexity index is 471. The van der Waals surface area contributed by atoms with Crippen LogP contribution in [0.5, 0.6) is 0 Å². The van der Waals surface area contributed by atoms with Gasteiger partial charge in [-0.3, -0.25) is 4.79 Å². The molecule has 0 aliphatic heterocycles. The lowest BCUT2D eigenvalue weighted by molar-refractivity contribution is -0.137. The number of oxazole rings is 1. The summed E-state index contributed by atoms with van der Waals surface area (Å²) in [4.78, 5) is 28.3. The topological polar surface area (TPSA) is 95.7 Å². The molecule has 0 atom stereocenters. The minimum atomic E-state index is -0.856. The third-order valence-corrected chi connectivity index (χ3v) is 3.01. The molecular weight excluding hydrogens is 274 g/mol. The van der Waals surface area contributed by atoms with E-state index in [1.165, 1.54) is 0 Å². The fraction of sp³-hybridized carbons (Fsp3) is 0.643. The molecule has 1 rings (SSSR count). The van der Waals surface area contributed by atoms with E-state index in [1.54, 1.807) is 11.1 Å². The maximum atomic E-state index is 12.1. The minimum absolute atomic E-state index is 0.00504. The number of carboxylic acids is 1. The summed E-state index contributed by atoms with van der Waals surface area (Å²) in [6, 6.07) is -0.249. The van der Waals surface area contributed by atoms with Gasteiger partial charge < -0.3 is 19.7 Å². The van der Waals surface area contributed by atoms with Crippen LogP contribution in [0.2, 0.25) is 0 Å². The number of carboxylic acid groups (broad SMARTS) is 1. The second-order valence-corrected chi connectivity index (χ2v) is 5.02. The molecule has 0 bridgehead atoms. The fourth-order valence-corrected chi connectivity index (χ4v) is 1.84. The molecular formula is C14H23N3O4. The first-order valence-corrected chi connectivity index (χ1v) is 7.13. The summed E-state index contributed by atoms with van der Waals surface area (Å²) in [7, 11) is 0. The van der Waals surface area contributed by atoms with Crippen molar-refractivity contribution in [2.24, 2.45) is 0 Å². The number of aromatic nitrogens is 1. The number of hydrogen-bond donors (Lipinski definition) is 2. The van der Waals surface area contributed by atoms with Gasteiger partial charge in [0.25, 0.3) is 0 Å². The summed E-state index contributed by atoms with van der Waals surface area (Å²) in [5.74, 6) is 0.391. The highest BCUT2D eigenvalue weighted by Gasteiger charge is 2.17. The Hall–Kier alpha value is -2.05. The van der Waals surface area contributed by atoms with Crippen LogP contribution in [-0.2, 0) is 17.8 Å². The standard InChI is InChI=1S/C14H23N3O4/c1-4-11-8-15-12(21-11)9-16-14(20)17(10(2)3)7-5-6-13(18)19/h8,10H,4-7,9H2,1-3H3,(H,16,20)(H,18,19). The largest absolute Gasteiger partial charge is 0.481 e. The number of nitrogens with zero attached hydrogens (tertiary/aromatic N) is 2. The lowest BCUT2D eigenvalue weighted by Crippen LogP contribution is -2.44. The molecule has 0 aliphatic carbocycles. The second kappa shape index (κ2) is 8.28. The zero-order valence-electron chi connectivity index (χ0n) is 12.8. The van der Waals surface area contributed by atoms with E-state index in [0.717, 1.165) is 12.2 Å². The van der Waals surface area contributed by atoms with Crippen LogP contribution in [0.3, 0.4) is 0 Å². The van der Waals surface area contributed by atoms with Crippen molar-refractivity contribution in [2.75, 3.05) is 6.54 Å². The van der Waals surface area contributed by atoms with Crippen LogP contribution < -0.4 is 5.32 Å². The van der Waals surface area contributed by atoms with Crippen molar-refractivity contribution < 1.29 is 19.1 Å². The predicted molar refractivity (Wildman–Crippen MR) is 76.8 cm³/mol. The predicted octanol–water partition coefficient (Wildman–Crippen LogP) is 2.02. The first-order valence-electron chi connectivity index (χ1n) is 7.13. The van der Waals surface area contributed by atoms with Crippen LogP contribution in [-0.4, -0.2) is 39.6 Å². The summed E-state index contributed by atoms with van der Waals surface area (Å²) in [5.41, 5.74) is 0. The van der Waals surface area contributed by atoms with Gasteiger partial charge in [-0.15, -0.1) is 0 Å². The van der Waals surface area contributed by atoms with Gasteiger partial charge in [0.2, 0.25) is 5.89 Å². The van der Waals surface area contributed by atoms with E-state index in [4.69, 9.17) is 9.52 Å². The van der Waals surface area contributed by atoms with E-state index in [0.29, 0.717) is 18.9 Å². The Labute approximate surface area is 124 Å².